The Bertz CT molecular complexity index is 317. The van der Waals surface area contributed by atoms with Crippen LogP contribution in [-0.4, -0.2) is 13.7 Å². The number of methoxy groups -OCH3 is 1. The van der Waals surface area contributed by atoms with Gasteiger partial charge in [-0.1, -0.05) is 56.5 Å². The summed E-state index contributed by atoms with van der Waals surface area (Å²) in [5.41, 5.74) is 1.06. The minimum atomic E-state index is 0.754. The summed E-state index contributed by atoms with van der Waals surface area (Å²) in [7, 11) is 1.64. The van der Waals surface area contributed by atoms with Gasteiger partial charge in [-0.25, -0.2) is 0 Å². The van der Waals surface area contributed by atoms with Crippen LogP contribution in [0.25, 0.3) is 5.76 Å². The van der Waals surface area contributed by atoms with Crippen LogP contribution in [-0.2, 0) is 9.47 Å². The van der Waals surface area contributed by atoms with Crippen molar-refractivity contribution >= 4 is 5.76 Å². The molecule has 17 heavy (non-hydrogen) atoms. The van der Waals surface area contributed by atoms with Crippen LogP contribution in [0.5, 0.6) is 0 Å². The van der Waals surface area contributed by atoms with Crippen LogP contribution in [0.1, 0.15) is 38.2 Å². The first kappa shape index (κ1) is 13.6. The Labute approximate surface area is 104 Å². The van der Waals surface area contributed by atoms with Gasteiger partial charge in [0.15, 0.2) is 5.76 Å². The molecule has 2 heteroatoms. The third-order valence-electron chi connectivity index (χ3n) is 2.54. The lowest BCUT2D eigenvalue weighted by Gasteiger charge is -2.10. The summed E-state index contributed by atoms with van der Waals surface area (Å²) >= 11 is 0. The number of ether oxygens (including phenoxy) is 2. The minimum absolute atomic E-state index is 0.754. The van der Waals surface area contributed by atoms with E-state index in [4.69, 9.17) is 9.47 Å². The maximum absolute atomic E-state index is 5.75. The van der Waals surface area contributed by atoms with Gasteiger partial charge in [-0.05, 0) is 6.42 Å². The van der Waals surface area contributed by atoms with Crippen molar-refractivity contribution in [3.05, 3.63) is 42.2 Å². The first-order valence-electron chi connectivity index (χ1n) is 6.29. The summed E-state index contributed by atoms with van der Waals surface area (Å²) in [5, 5.41) is 0. The van der Waals surface area contributed by atoms with Crippen molar-refractivity contribution in [3.8, 4) is 0 Å². The van der Waals surface area contributed by atoms with Crippen LogP contribution >= 0.6 is 0 Å². The molecule has 0 fully saturated rings. The maximum atomic E-state index is 5.75. The second-order valence-electron chi connectivity index (χ2n) is 3.99. The van der Waals surface area contributed by atoms with Crippen molar-refractivity contribution < 1.29 is 9.47 Å². The van der Waals surface area contributed by atoms with Crippen LogP contribution in [0.15, 0.2) is 36.6 Å². The van der Waals surface area contributed by atoms with Crippen LogP contribution in [0.3, 0.4) is 0 Å². The van der Waals surface area contributed by atoms with Gasteiger partial charge in [0.2, 0.25) is 0 Å². The number of unbranched alkanes of at least 4 members (excludes halogenated alkanes) is 3. The quantitative estimate of drug-likeness (QED) is 0.495. The molecule has 0 heterocycles. The summed E-state index contributed by atoms with van der Waals surface area (Å²) in [5.74, 6) is 0.810. The smallest absolute Gasteiger partial charge is 0.160 e. The SMILES string of the molecule is CCCCCCOC(=COC)c1ccccc1. The fourth-order valence-electron chi connectivity index (χ4n) is 1.61. The van der Waals surface area contributed by atoms with E-state index >= 15 is 0 Å². The molecular weight excluding hydrogens is 212 g/mol. The zero-order chi connectivity index (χ0) is 12.3. The molecule has 0 unspecified atom stereocenters. The third-order valence-corrected chi connectivity index (χ3v) is 2.54. The van der Waals surface area contributed by atoms with Crippen molar-refractivity contribution in [2.45, 2.75) is 32.6 Å². The van der Waals surface area contributed by atoms with Crippen LogP contribution in [0.4, 0.5) is 0 Å². The van der Waals surface area contributed by atoms with Gasteiger partial charge in [-0.3, -0.25) is 0 Å². The number of hydrogen-bond acceptors (Lipinski definition) is 2. The summed E-state index contributed by atoms with van der Waals surface area (Å²) in [6.07, 6.45) is 6.51. The average Bonchev–Trinajstić information content (AvgIpc) is 2.38. The molecule has 0 saturated carbocycles. The molecule has 0 radical (unpaired) electrons. The summed E-state index contributed by atoms with van der Waals surface area (Å²) in [6.45, 7) is 2.96. The lowest BCUT2D eigenvalue weighted by Crippen LogP contribution is -1.96. The molecule has 0 aliphatic rings. The number of rotatable bonds is 8. The molecule has 0 atom stereocenters. The van der Waals surface area contributed by atoms with E-state index in [9.17, 15) is 0 Å². The molecule has 1 rings (SSSR count). The van der Waals surface area contributed by atoms with Gasteiger partial charge in [-0.2, -0.15) is 0 Å². The first-order valence-corrected chi connectivity index (χ1v) is 6.29. The molecule has 1 aromatic rings. The minimum Gasteiger partial charge on any atom is -0.500 e. The Hall–Kier alpha value is -1.44. The molecule has 2 nitrogen and oxygen atoms in total. The molecule has 0 bridgehead atoms. The van der Waals surface area contributed by atoms with Gasteiger partial charge >= 0.3 is 0 Å². The molecule has 0 amide bonds. The van der Waals surface area contributed by atoms with Crippen LogP contribution in [0, 0.1) is 0 Å². The Morgan fingerprint density at radius 1 is 1.12 bits per heavy atom. The Balaban J connectivity index is 2.43. The molecule has 0 saturated heterocycles. The Kier molecular flexibility index (Phi) is 6.96. The fourth-order valence-corrected chi connectivity index (χ4v) is 1.61. The van der Waals surface area contributed by atoms with E-state index in [1.807, 2.05) is 30.3 Å². The summed E-state index contributed by atoms with van der Waals surface area (Å²) < 4.78 is 10.8. The monoisotopic (exact) mass is 234 g/mol. The van der Waals surface area contributed by atoms with Gasteiger partial charge in [0.25, 0.3) is 0 Å². The van der Waals surface area contributed by atoms with Gasteiger partial charge in [0.1, 0.15) is 6.26 Å². The van der Waals surface area contributed by atoms with Crippen molar-refractivity contribution in [2.24, 2.45) is 0 Å². The van der Waals surface area contributed by atoms with Crippen molar-refractivity contribution in [3.63, 3.8) is 0 Å². The van der Waals surface area contributed by atoms with E-state index in [1.54, 1.807) is 13.4 Å². The average molecular weight is 234 g/mol. The van der Waals surface area contributed by atoms with E-state index in [0.29, 0.717) is 0 Å². The second-order valence-corrected chi connectivity index (χ2v) is 3.99. The first-order chi connectivity index (χ1) is 8.38. The largest absolute Gasteiger partial charge is 0.500 e. The van der Waals surface area contributed by atoms with Crippen LogP contribution < -0.4 is 0 Å². The van der Waals surface area contributed by atoms with Gasteiger partial charge < -0.3 is 9.47 Å². The Morgan fingerprint density at radius 3 is 2.53 bits per heavy atom. The molecule has 0 aromatic heterocycles. The topological polar surface area (TPSA) is 18.5 Å². The predicted octanol–water partition coefficient (Wildman–Crippen LogP) is 4.23. The van der Waals surface area contributed by atoms with Crippen molar-refractivity contribution in [2.75, 3.05) is 13.7 Å². The van der Waals surface area contributed by atoms with Gasteiger partial charge in [-0.15, -0.1) is 0 Å². The van der Waals surface area contributed by atoms with Gasteiger partial charge in [0, 0.05) is 5.56 Å². The molecular formula is C15H22O2. The lowest BCUT2D eigenvalue weighted by molar-refractivity contribution is 0.247. The molecule has 0 aliphatic heterocycles. The highest BCUT2D eigenvalue weighted by molar-refractivity contribution is 5.58. The molecule has 1 aromatic carbocycles. The van der Waals surface area contributed by atoms with Crippen molar-refractivity contribution in [1.29, 1.82) is 0 Å². The normalized spacial score (nSPS) is 11.3. The second kappa shape index (κ2) is 8.68. The van der Waals surface area contributed by atoms with Crippen LogP contribution in [0.2, 0.25) is 0 Å². The molecule has 0 aliphatic carbocycles. The lowest BCUT2D eigenvalue weighted by atomic mass is 10.2. The molecule has 94 valence electrons. The highest BCUT2D eigenvalue weighted by Crippen LogP contribution is 2.16. The fraction of sp³-hybridized carbons (Fsp3) is 0.467. The predicted molar refractivity (Wildman–Crippen MR) is 71.5 cm³/mol. The number of hydrogen-bond donors (Lipinski definition) is 0. The zero-order valence-corrected chi connectivity index (χ0v) is 10.8. The third kappa shape index (κ3) is 5.43. The van der Waals surface area contributed by atoms with Crippen molar-refractivity contribution in [1.82, 2.24) is 0 Å². The molecule has 0 N–H and O–H groups in total. The standard InChI is InChI=1S/C15H22O2/c1-3-4-5-9-12-17-15(13-16-2)14-10-7-6-8-11-14/h6-8,10-11,13H,3-5,9,12H2,1-2H3. The maximum Gasteiger partial charge on any atom is 0.160 e. The number of benzene rings is 1. The van der Waals surface area contributed by atoms with E-state index in [2.05, 4.69) is 6.92 Å². The van der Waals surface area contributed by atoms with E-state index in [-0.39, 0.29) is 0 Å². The Morgan fingerprint density at radius 2 is 1.88 bits per heavy atom. The summed E-state index contributed by atoms with van der Waals surface area (Å²) in [4.78, 5) is 0. The zero-order valence-electron chi connectivity index (χ0n) is 10.8. The van der Waals surface area contributed by atoms with Gasteiger partial charge in [0.05, 0.1) is 13.7 Å². The highest BCUT2D eigenvalue weighted by atomic mass is 16.5. The molecule has 0 spiro atoms. The van der Waals surface area contributed by atoms with E-state index in [0.717, 1.165) is 24.4 Å². The summed E-state index contributed by atoms with van der Waals surface area (Å²) in [6, 6.07) is 10.0. The van der Waals surface area contributed by atoms with E-state index < -0.39 is 0 Å². The highest BCUT2D eigenvalue weighted by Gasteiger charge is 2.02. The van der Waals surface area contributed by atoms with E-state index in [1.165, 1.54) is 19.3 Å².